The molecule has 0 aliphatic heterocycles. The van der Waals surface area contributed by atoms with Gasteiger partial charge < -0.3 is 9.15 Å². The highest BCUT2D eigenvalue weighted by Gasteiger charge is 2.19. The molecule has 0 spiro atoms. The summed E-state index contributed by atoms with van der Waals surface area (Å²) in [4.78, 5) is 16.4. The first kappa shape index (κ1) is 17.1. The number of benzene rings is 1. The lowest BCUT2D eigenvalue weighted by Crippen LogP contribution is -2.24. The Labute approximate surface area is 147 Å². The fraction of sp³-hybridized carbons (Fsp3) is 0.333. The largest absolute Gasteiger partial charge is 0.460 e. The number of fused-ring (bicyclic) bond motifs is 1. The lowest BCUT2D eigenvalue weighted by atomic mass is 9.95. The van der Waals surface area contributed by atoms with Crippen LogP contribution in [0, 0.1) is 0 Å². The molecule has 0 aliphatic carbocycles. The van der Waals surface area contributed by atoms with Gasteiger partial charge in [-0.05, 0) is 38.3 Å². The topological polar surface area (TPSA) is 78.1 Å². The van der Waals surface area contributed by atoms with E-state index in [1.807, 2.05) is 45.0 Å². The first-order chi connectivity index (χ1) is 11.8. The van der Waals surface area contributed by atoms with Crippen molar-refractivity contribution in [3.8, 4) is 0 Å². The van der Waals surface area contributed by atoms with Crippen molar-refractivity contribution in [2.45, 2.75) is 39.2 Å². The van der Waals surface area contributed by atoms with E-state index in [1.165, 1.54) is 5.46 Å². The maximum absolute atomic E-state index is 11.8. The molecule has 6 nitrogen and oxygen atoms in total. The number of esters is 1. The van der Waals surface area contributed by atoms with Crippen LogP contribution < -0.4 is 5.46 Å². The van der Waals surface area contributed by atoms with Crippen LogP contribution in [0.1, 0.15) is 38.2 Å². The number of nitrogens with zero attached hydrogens (tertiary/aromatic N) is 3. The Bertz CT molecular complexity index is 915. The molecule has 0 N–H and O–H groups in total. The lowest BCUT2D eigenvalue weighted by molar-refractivity contribution is -0.154. The summed E-state index contributed by atoms with van der Waals surface area (Å²) in [5.74, 6) is 0.292. The van der Waals surface area contributed by atoms with Crippen LogP contribution in [0.25, 0.3) is 10.9 Å². The molecule has 25 heavy (non-hydrogen) atoms. The van der Waals surface area contributed by atoms with E-state index in [0.29, 0.717) is 12.3 Å². The van der Waals surface area contributed by atoms with Crippen LogP contribution in [0.2, 0.25) is 0 Å². The van der Waals surface area contributed by atoms with E-state index in [2.05, 4.69) is 29.1 Å². The molecule has 128 valence electrons. The van der Waals surface area contributed by atoms with E-state index in [-0.39, 0.29) is 18.3 Å². The van der Waals surface area contributed by atoms with Crippen molar-refractivity contribution in [1.29, 1.82) is 0 Å². The summed E-state index contributed by atoms with van der Waals surface area (Å²) in [5, 5.41) is 9.00. The summed E-state index contributed by atoms with van der Waals surface area (Å²) in [6.07, 6.45) is 0.389. The predicted molar refractivity (Wildman–Crippen MR) is 96.6 cm³/mol. The van der Waals surface area contributed by atoms with Crippen molar-refractivity contribution in [2.24, 2.45) is 0 Å². The molecule has 7 heteroatoms. The van der Waals surface area contributed by atoms with Gasteiger partial charge in [0.25, 0.3) is 0 Å². The average Bonchev–Trinajstić information content (AvgIpc) is 2.92. The monoisotopic (exact) mass is 337 g/mol. The van der Waals surface area contributed by atoms with Gasteiger partial charge in [-0.2, -0.15) is 0 Å². The number of carbonyl (C=O) groups excluding carboxylic acids is 1. The third-order valence-corrected chi connectivity index (χ3v) is 3.46. The van der Waals surface area contributed by atoms with E-state index in [1.54, 1.807) is 0 Å². The van der Waals surface area contributed by atoms with Crippen molar-refractivity contribution in [3.63, 3.8) is 0 Å². The number of pyridine rings is 1. The van der Waals surface area contributed by atoms with E-state index >= 15 is 0 Å². The molecule has 0 atom stereocenters. The van der Waals surface area contributed by atoms with Crippen LogP contribution in [0.15, 0.2) is 34.7 Å². The number of hydrogen-bond donors (Lipinski definition) is 0. The molecule has 2 aromatic heterocycles. The standard InChI is InChI=1S/C18H20BN3O3/c1-18(2,3)25-17(23)10-16-22-21-15(24-16)9-13-6-4-11-8-12(19)5-7-14(11)20-13/h4-8H,9-10,19H2,1-3H3. The number of ether oxygens (including phenoxy) is 1. The maximum Gasteiger partial charge on any atom is 0.315 e. The van der Waals surface area contributed by atoms with Gasteiger partial charge in [-0.25, -0.2) is 0 Å². The van der Waals surface area contributed by atoms with Crippen LogP contribution in [-0.4, -0.2) is 34.6 Å². The number of aromatic nitrogens is 3. The molecule has 0 aliphatic rings. The molecule has 0 saturated heterocycles. The lowest BCUT2D eigenvalue weighted by Gasteiger charge is -2.18. The van der Waals surface area contributed by atoms with Crippen LogP contribution in [0.3, 0.4) is 0 Å². The van der Waals surface area contributed by atoms with Gasteiger partial charge in [0.15, 0.2) is 0 Å². The average molecular weight is 337 g/mol. The minimum Gasteiger partial charge on any atom is -0.460 e. The molecule has 0 bridgehead atoms. The van der Waals surface area contributed by atoms with Crippen molar-refractivity contribution < 1.29 is 13.9 Å². The first-order valence-electron chi connectivity index (χ1n) is 8.18. The third kappa shape index (κ3) is 4.65. The molecule has 0 fully saturated rings. The van der Waals surface area contributed by atoms with Crippen LogP contribution in [-0.2, 0) is 22.4 Å². The Kier molecular flexibility index (Phi) is 4.57. The molecular weight excluding hydrogens is 317 g/mol. The summed E-state index contributed by atoms with van der Waals surface area (Å²) < 4.78 is 10.8. The van der Waals surface area contributed by atoms with Crippen LogP contribution in [0.4, 0.5) is 0 Å². The molecule has 0 amide bonds. The zero-order valence-electron chi connectivity index (χ0n) is 14.9. The minimum atomic E-state index is -0.534. The molecular formula is C18H20BN3O3. The quantitative estimate of drug-likeness (QED) is 0.528. The van der Waals surface area contributed by atoms with Gasteiger partial charge in [0.1, 0.15) is 19.9 Å². The Hall–Kier alpha value is -2.70. The highest BCUT2D eigenvalue weighted by molar-refractivity contribution is 6.33. The smallest absolute Gasteiger partial charge is 0.315 e. The molecule has 1 aromatic carbocycles. The third-order valence-electron chi connectivity index (χ3n) is 3.46. The van der Waals surface area contributed by atoms with E-state index in [9.17, 15) is 4.79 Å². The Morgan fingerprint density at radius 3 is 2.68 bits per heavy atom. The minimum absolute atomic E-state index is 0.0330. The highest BCUT2D eigenvalue weighted by atomic mass is 16.6. The van der Waals surface area contributed by atoms with Gasteiger partial charge in [0.05, 0.1) is 17.6 Å². The van der Waals surface area contributed by atoms with Gasteiger partial charge in [-0.1, -0.05) is 23.7 Å². The van der Waals surface area contributed by atoms with Gasteiger partial charge in [0, 0.05) is 0 Å². The van der Waals surface area contributed by atoms with Gasteiger partial charge in [-0.15, -0.1) is 10.2 Å². The van der Waals surface area contributed by atoms with Crippen LogP contribution in [0.5, 0.6) is 0 Å². The summed E-state index contributed by atoms with van der Waals surface area (Å²) in [7, 11) is 2.05. The normalized spacial score (nSPS) is 11.6. The number of carbonyl (C=O) groups is 1. The fourth-order valence-corrected chi connectivity index (χ4v) is 2.47. The van der Waals surface area contributed by atoms with Crippen molar-refractivity contribution in [2.75, 3.05) is 0 Å². The SMILES string of the molecule is Bc1ccc2nc(Cc3nnc(CC(=O)OC(C)(C)C)o3)ccc2c1. The number of hydrogen-bond acceptors (Lipinski definition) is 6. The summed E-state index contributed by atoms with van der Waals surface area (Å²) in [6.45, 7) is 5.45. The first-order valence-corrected chi connectivity index (χ1v) is 8.18. The van der Waals surface area contributed by atoms with Gasteiger partial charge in [0.2, 0.25) is 11.8 Å². The van der Waals surface area contributed by atoms with Gasteiger partial charge >= 0.3 is 5.97 Å². The fourth-order valence-electron chi connectivity index (χ4n) is 2.47. The zero-order chi connectivity index (χ0) is 18.0. The van der Waals surface area contributed by atoms with Crippen molar-refractivity contribution in [3.05, 3.63) is 47.8 Å². The second-order valence-electron chi connectivity index (χ2n) is 7.03. The molecule has 3 aromatic rings. The molecule has 3 rings (SSSR count). The van der Waals surface area contributed by atoms with Crippen molar-refractivity contribution >= 4 is 30.2 Å². The maximum atomic E-state index is 11.8. The predicted octanol–water partition coefficient (Wildman–Crippen LogP) is 1.35. The van der Waals surface area contributed by atoms with Crippen LogP contribution >= 0.6 is 0 Å². The van der Waals surface area contributed by atoms with E-state index in [4.69, 9.17) is 9.15 Å². The van der Waals surface area contributed by atoms with Gasteiger partial charge in [-0.3, -0.25) is 9.78 Å². The second kappa shape index (κ2) is 6.66. The Balaban J connectivity index is 1.69. The summed E-state index contributed by atoms with van der Waals surface area (Å²) in [6, 6.07) is 10.1. The number of rotatable bonds is 4. The second-order valence-corrected chi connectivity index (χ2v) is 7.03. The highest BCUT2D eigenvalue weighted by Crippen LogP contribution is 2.14. The molecule has 0 unspecified atom stereocenters. The Morgan fingerprint density at radius 1 is 1.16 bits per heavy atom. The van der Waals surface area contributed by atoms with E-state index < -0.39 is 5.60 Å². The molecule has 2 heterocycles. The van der Waals surface area contributed by atoms with Crippen molar-refractivity contribution in [1.82, 2.24) is 15.2 Å². The Morgan fingerprint density at radius 2 is 1.92 bits per heavy atom. The summed E-state index contributed by atoms with van der Waals surface area (Å²) in [5.41, 5.74) is 2.43. The summed E-state index contributed by atoms with van der Waals surface area (Å²) >= 11 is 0. The molecule has 0 saturated carbocycles. The van der Waals surface area contributed by atoms with E-state index in [0.717, 1.165) is 16.6 Å². The molecule has 0 radical (unpaired) electrons. The zero-order valence-corrected chi connectivity index (χ0v) is 14.9.